The molecule has 0 aromatic carbocycles. The Labute approximate surface area is 96.8 Å². The molecule has 0 saturated carbocycles. The number of nitrogens with zero attached hydrogens (tertiary/aromatic N) is 1. The Hall–Kier alpha value is -1.76. The summed E-state index contributed by atoms with van der Waals surface area (Å²) in [6, 6.07) is 0. The summed E-state index contributed by atoms with van der Waals surface area (Å²) in [5, 5.41) is 0. The van der Waals surface area contributed by atoms with E-state index in [0.717, 1.165) is 6.20 Å². The average molecular weight is 245 g/mol. The van der Waals surface area contributed by atoms with Crippen molar-refractivity contribution in [3.8, 4) is 0 Å². The molecule has 1 rings (SSSR count). The average Bonchev–Trinajstić information content (AvgIpc) is 2.30. The maximum Gasteiger partial charge on any atom is 0.311 e. The minimum atomic E-state index is -2.70. The Morgan fingerprint density at radius 1 is 1.59 bits per heavy atom. The molecule has 0 bridgehead atoms. The van der Waals surface area contributed by atoms with Gasteiger partial charge in [-0.3, -0.25) is 9.78 Å². The lowest BCUT2D eigenvalue weighted by molar-refractivity contribution is -0.139. The number of nitrogen functional groups attached to an aromatic ring is 1. The number of aromatic nitrogens is 1. The summed E-state index contributed by atoms with van der Waals surface area (Å²) >= 11 is 0. The lowest BCUT2D eigenvalue weighted by atomic mass is 10.1. The highest BCUT2D eigenvalue weighted by Crippen LogP contribution is 2.27. The van der Waals surface area contributed by atoms with E-state index < -0.39 is 12.4 Å². The monoisotopic (exact) mass is 245 g/mol. The van der Waals surface area contributed by atoms with Gasteiger partial charge in [-0.2, -0.15) is 0 Å². The van der Waals surface area contributed by atoms with Gasteiger partial charge >= 0.3 is 5.97 Å². The Morgan fingerprint density at radius 2 is 2.24 bits per heavy atom. The van der Waals surface area contributed by atoms with Gasteiger partial charge in [0.05, 0.1) is 24.9 Å². The standard InChI is InChI=1S/C10H13F2N3O2/c1-17-8(16)2-7-9(14)5(3-13)6(4-15-7)10(11)12/h4,10H,2-3,13-14H2,1H3. The van der Waals surface area contributed by atoms with Gasteiger partial charge in [0.25, 0.3) is 6.43 Å². The molecule has 0 atom stereocenters. The predicted molar refractivity (Wildman–Crippen MR) is 57.2 cm³/mol. The van der Waals surface area contributed by atoms with E-state index in [1.807, 2.05) is 0 Å². The van der Waals surface area contributed by atoms with Gasteiger partial charge in [-0.1, -0.05) is 0 Å². The lowest BCUT2D eigenvalue weighted by Gasteiger charge is -2.12. The largest absolute Gasteiger partial charge is 0.469 e. The molecule has 0 unspecified atom stereocenters. The molecule has 0 fully saturated rings. The fourth-order valence-electron chi connectivity index (χ4n) is 1.39. The number of carbonyl (C=O) groups is 1. The molecule has 0 aliphatic rings. The molecule has 1 aromatic rings. The normalized spacial score (nSPS) is 10.6. The maximum absolute atomic E-state index is 12.6. The smallest absolute Gasteiger partial charge is 0.311 e. The molecule has 5 nitrogen and oxygen atoms in total. The number of nitrogens with two attached hydrogens (primary N) is 2. The topological polar surface area (TPSA) is 91.2 Å². The second-order valence-corrected chi connectivity index (χ2v) is 3.31. The van der Waals surface area contributed by atoms with Crippen LogP contribution in [0.4, 0.5) is 14.5 Å². The molecule has 1 heterocycles. The van der Waals surface area contributed by atoms with Crippen LogP contribution in [0, 0.1) is 0 Å². The molecule has 4 N–H and O–H groups in total. The Morgan fingerprint density at radius 3 is 2.71 bits per heavy atom. The number of anilines is 1. The number of methoxy groups -OCH3 is 1. The molecule has 94 valence electrons. The summed E-state index contributed by atoms with van der Waals surface area (Å²) in [5.74, 6) is -0.544. The first-order valence-corrected chi connectivity index (χ1v) is 4.82. The molecule has 0 aliphatic carbocycles. The number of halogens is 2. The highest BCUT2D eigenvalue weighted by molar-refractivity contribution is 5.74. The molecule has 7 heteroatoms. The number of rotatable bonds is 4. The zero-order valence-corrected chi connectivity index (χ0v) is 9.24. The van der Waals surface area contributed by atoms with Gasteiger partial charge in [-0.25, -0.2) is 8.78 Å². The molecule has 0 aliphatic heterocycles. The number of esters is 1. The van der Waals surface area contributed by atoms with Crippen LogP contribution in [0.1, 0.15) is 23.2 Å². The van der Waals surface area contributed by atoms with Crippen LogP contribution < -0.4 is 11.5 Å². The molecule has 1 aromatic heterocycles. The first kappa shape index (κ1) is 13.3. The minimum Gasteiger partial charge on any atom is -0.469 e. The van der Waals surface area contributed by atoms with Gasteiger partial charge in [-0.05, 0) is 0 Å². The number of carbonyl (C=O) groups excluding carboxylic acids is 1. The van der Waals surface area contributed by atoms with Crippen molar-refractivity contribution in [1.29, 1.82) is 0 Å². The van der Waals surface area contributed by atoms with Gasteiger partial charge in [0.2, 0.25) is 0 Å². The first-order valence-electron chi connectivity index (χ1n) is 4.82. The summed E-state index contributed by atoms with van der Waals surface area (Å²) in [4.78, 5) is 14.8. The van der Waals surface area contributed by atoms with E-state index in [4.69, 9.17) is 11.5 Å². The molecule has 0 spiro atoms. The second-order valence-electron chi connectivity index (χ2n) is 3.31. The van der Waals surface area contributed by atoms with Crippen molar-refractivity contribution in [3.05, 3.63) is 23.0 Å². The molecule has 0 amide bonds. The predicted octanol–water partition coefficient (Wildman–Crippen LogP) is 0.776. The number of hydrogen-bond donors (Lipinski definition) is 2. The number of pyridine rings is 1. The molecular formula is C10H13F2N3O2. The van der Waals surface area contributed by atoms with Gasteiger partial charge in [0, 0.05) is 23.9 Å². The number of alkyl halides is 2. The van der Waals surface area contributed by atoms with E-state index in [1.54, 1.807) is 0 Å². The van der Waals surface area contributed by atoms with E-state index in [0.29, 0.717) is 0 Å². The van der Waals surface area contributed by atoms with Crippen LogP contribution in [-0.4, -0.2) is 18.1 Å². The molecule has 0 saturated heterocycles. The van der Waals surface area contributed by atoms with Gasteiger partial charge < -0.3 is 16.2 Å². The van der Waals surface area contributed by atoms with Crippen molar-refractivity contribution in [1.82, 2.24) is 4.98 Å². The fourth-order valence-corrected chi connectivity index (χ4v) is 1.39. The van der Waals surface area contributed by atoms with Crippen molar-refractivity contribution in [2.24, 2.45) is 5.73 Å². The fraction of sp³-hybridized carbons (Fsp3) is 0.400. The second kappa shape index (κ2) is 5.53. The summed E-state index contributed by atoms with van der Waals surface area (Å²) < 4.78 is 29.7. The van der Waals surface area contributed by atoms with Crippen LogP contribution in [0.5, 0.6) is 0 Å². The van der Waals surface area contributed by atoms with E-state index in [2.05, 4.69) is 9.72 Å². The lowest BCUT2D eigenvalue weighted by Crippen LogP contribution is -2.14. The third-order valence-electron chi connectivity index (χ3n) is 2.32. The quantitative estimate of drug-likeness (QED) is 0.765. The zero-order valence-electron chi connectivity index (χ0n) is 9.24. The van der Waals surface area contributed by atoms with Gasteiger partial charge in [0.1, 0.15) is 0 Å². The highest BCUT2D eigenvalue weighted by Gasteiger charge is 2.19. The maximum atomic E-state index is 12.6. The van der Waals surface area contributed by atoms with Crippen LogP contribution in [0.15, 0.2) is 6.20 Å². The Balaban J connectivity index is 3.15. The molecule has 17 heavy (non-hydrogen) atoms. The summed E-state index contributed by atoms with van der Waals surface area (Å²) in [5.41, 5.74) is 11.0. The summed E-state index contributed by atoms with van der Waals surface area (Å²) in [7, 11) is 1.22. The first-order chi connectivity index (χ1) is 8.01. The van der Waals surface area contributed by atoms with E-state index >= 15 is 0 Å². The van der Waals surface area contributed by atoms with Crippen LogP contribution >= 0.6 is 0 Å². The zero-order chi connectivity index (χ0) is 13.0. The third-order valence-corrected chi connectivity index (χ3v) is 2.32. The Bertz CT molecular complexity index is 424. The minimum absolute atomic E-state index is 0.0238. The van der Waals surface area contributed by atoms with Crippen molar-refractivity contribution in [3.63, 3.8) is 0 Å². The van der Waals surface area contributed by atoms with Gasteiger partial charge in [-0.15, -0.1) is 0 Å². The summed E-state index contributed by atoms with van der Waals surface area (Å²) in [6.07, 6.45) is -1.88. The van der Waals surface area contributed by atoms with Crippen molar-refractivity contribution in [2.45, 2.75) is 19.4 Å². The van der Waals surface area contributed by atoms with Crippen molar-refractivity contribution < 1.29 is 18.3 Å². The van der Waals surface area contributed by atoms with Crippen LogP contribution in [0.2, 0.25) is 0 Å². The van der Waals surface area contributed by atoms with E-state index in [1.165, 1.54) is 7.11 Å². The third kappa shape index (κ3) is 2.88. The Kier molecular flexibility index (Phi) is 4.33. The molecular weight excluding hydrogens is 232 g/mol. The van der Waals surface area contributed by atoms with E-state index in [-0.39, 0.29) is 35.5 Å². The van der Waals surface area contributed by atoms with Crippen molar-refractivity contribution in [2.75, 3.05) is 12.8 Å². The molecule has 0 radical (unpaired) electrons. The SMILES string of the molecule is COC(=O)Cc1ncc(C(F)F)c(CN)c1N. The van der Waals surface area contributed by atoms with Crippen LogP contribution in [-0.2, 0) is 22.5 Å². The number of ether oxygens (including phenoxy) is 1. The van der Waals surface area contributed by atoms with Crippen molar-refractivity contribution >= 4 is 11.7 Å². The number of hydrogen-bond acceptors (Lipinski definition) is 5. The summed E-state index contributed by atoms with van der Waals surface area (Å²) in [6.45, 7) is -0.137. The highest BCUT2D eigenvalue weighted by atomic mass is 19.3. The van der Waals surface area contributed by atoms with Crippen LogP contribution in [0.25, 0.3) is 0 Å². The van der Waals surface area contributed by atoms with Crippen LogP contribution in [0.3, 0.4) is 0 Å². The van der Waals surface area contributed by atoms with E-state index in [9.17, 15) is 13.6 Å². The van der Waals surface area contributed by atoms with Gasteiger partial charge in [0.15, 0.2) is 0 Å².